The molecule has 2 amide bonds. The SMILES string of the molecule is CC(C)[C@@H](CC(=O)O)NC(=O)C(CC(C)(C)C)NC(=O)OCC1c2ccccc2-c2ccccc21. The Labute approximate surface area is 207 Å². The monoisotopic (exact) mass is 480 g/mol. The van der Waals surface area contributed by atoms with Gasteiger partial charge in [-0.1, -0.05) is 83.1 Å². The third kappa shape index (κ3) is 6.84. The van der Waals surface area contributed by atoms with Crippen LogP contribution in [0.2, 0.25) is 0 Å². The van der Waals surface area contributed by atoms with Gasteiger partial charge in [0.1, 0.15) is 12.6 Å². The zero-order chi connectivity index (χ0) is 25.8. The van der Waals surface area contributed by atoms with Crippen LogP contribution < -0.4 is 10.6 Å². The maximum atomic E-state index is 13.1. The molecule has 7 heteroatoms. The topological polar surface area (TPSA) is 105 Å². The number of rotatable bonds is 9. The lowest BCUT2D eigenvalue weighted by Crippen LogP contribution is -2.52. The van der Waals surface area contributed by atoms with Crippen LogP contribution in [0, 0.1) is 11.3 Å². The zero-order valence-electron chi connectivity index (χ0n) is 21.1. The van der Waals surface area contributed by atoms with Crippen molar-refractivity contribution in [3.8, 4) is 11.1 Å². The molecule has 3 N–H and O–H groups in total. The minimum absolute atomic E-state index is 0.0696. The second-order valence-corrected chi connectivity index (χ2v) is 10.7. The van der Waals surface area contributed by atoms with Crippen LogP contribution in [0.15, 0.2) is 48.5 Å². The van der Waals surface area contributed by atoms with E-state index in [1.807, 2.05) is 71.0 Å². The highest BCUT2D eigenvalue weighted by molar-refractivity contribution is 5.86. The molecule has 1 aliphatic rings. The maximum Gasteiger partial charge on any atom is 0.407 e. The van der Waals surface area contributed by atoms with Crippen LogP contribution >= 0.6 is 0 Å². The number of carboxylic acids is 1. The van der Waals surface area contributed by atoms with Crippen molar-refractivity contribution < 1.29 is 24.2 Å². The Morgan fingerprint density at radius 1 is 0.943 bits per heavy atom. The number of alkyl carbamates (subject to hydrolysis) is 1. The van der Waals surface area contributed by atoms with Crippen molar-refractivity contribution in [3.63, 3.8) is 0 Å². The number of fused-ring (bicyclic) bond motifs is 3. The summed E-state index contributed by atoms with van der Waals surface area (Å²) in [4.78, 5) is 37.1. The Kier molecular flexibility index (Phi) is 8.20. The normalized spacial score (nSPS) is 14.6. The first-order valence-corrected chi connectivity index (χ1v) is 12.1. The molecule has 1 unspecified atom stereocenters. The fraction of sp³-hybridized carbons (Fsp3) is 0.464. The second-order valence-electron chi connectivity index (χ2n) is 10.7. The Balaban J connectivity index is 1.69. The molecule has 0 aromatic heterocycles. The molecule has 0 aliphatic heterocycles. The summed E-state index contributed by atoms with van der Waals surface area (Å²) < 4.78 is 5.63. The maximum absolute atomic E-state index is 13.1. The third-order valence-electron chi connectivity index (χ3n) is 6.30. The van der Waals surface area contributed by atoms with Gasteiger partial charge >= 0.3 is 12.1 Å². The van der Waals surface area contributed by atoms with E-state index in [-0.39, 0.29) is 30.3 Å². The number of carbonyl (C=O) groups excluding carboxylic acids is 2. The molecule has 2 atom stereocenters. The number of amides is 2. The molecule has 0 saturated carbocycles. The van der Waals surface area contributed by atoms with E-state index in [9.17, 15) is 19.5 Å². The lowest BCUT2D eigenvalue weighted by Gasteiger charge is -2.29. The summed E-state index contributed by atoms with van der Waals surface area (Å²) in [5, 5.41) is 14.7. The number of carbonyl (C=O) groups is 3. The van der Waals surface area contributed by atoms with Crippen LogP contribution in [-0.2, 0) is 14.3 Å². The molecular weight excluding hydrogens is 444 g/mol. The van der Waals surface area contributed by atoms with Crippen LogP contribution in [0.4, 0.5) is 4.79 Å². The van der Waals surface area contributed by atoms with Gasteiger partial charge in [-0.25, -0.2) is 4.79 Å². The highest BCUT2D eigenvalue weighted by atomic mass is 16.5. The molecule has 3 rings (SSSR count). The molecule has 0 radical (unpaired) electrons. The van der Waals surface area contributed by atoms with Gasteiger partial charge in [-0.15, -0.1) is 0 Å². The Morgan fingerprint density at radius 3 is 1.97 bits per heavy atom. The van der Waals surface area contributed by atoms with E-state index in [0.29, 0.717) is 6.42 Å². The summed E-state index contributed by atoms with van der Waals surface area (Å²) in [6.45, 7) is 9.78. The van der Waals surface area contributed by atoms with E-state index < -0.39 is 30.1 Å². The molecule has 0 spiro atoms. The van der Waals surface area contributed by atoms with Gasteiger partial charge in [-0.2, -0.15) is 0 Å². The molecule has 35 heavy (non-hydrogen) atoms. The Bertz CT molecular complexity index is 1030. The minimum atomic E-state index is -0.985. The van der Waals surface area contributed by atoms with Gasteiger partial charge in [0.15, 0.2) is 0 Å². The van der Waals surface area contributed by atoms with E-state index >= 15 is 0 Å². The summed E-state index contributed by atoms with van der Waals surface area (Å²) in [5.41, 5.74) is 4.25. The van der Waals surface area contributed by atoms with Gasteiger partial charge in [0.05, 0.1) is 6.42 Å². The van der Waals surface area contributed by atoms with Gasteiger partial charge in [-0.05, 0) is 40.0 Å². The van der Waals surface area contributed by atoms with Crippen molar-refractivity contribution in [3.05, 3.63) is 59.7 Å². The fourth-order valence-electron chi connectivity index (χ4n) is 4.53. The zero-order valence-corrected chi connectivity index (χ0v) is 21.1. The third-order valence-corrected chi connectivity index (χ3v) is 6.30. The number of hydrogen-bond donors (Lipinski definition) is 3. The summed E-state index contributed by atoms with van der Waals surface area (Å²) in [7, 11) is 0. The molecule has 1 aliphatic carbocycles. The van der Waals surface area contributed by atoms with Crippen LogP contribution in [-0.4, -0.2) is 41.8 Å². The molecule has 2 aromatic carbocycles. The molecule has 188 valence electrons. The van der Waals surface area contributed by atoms with E-state index in [4.69, 9.17) is 4.74 Å². The van der Waals surface area contributed by atoms with Gasteiger partial charge in [-0.3, -0.25) is 9.59 Å². The van der Waals surface area contributed by atoms with Crippen molar-refractivity contribution in [2.45, 2.75) is 65.5 Å². The molecule has 0 bridgehead atoms. The minimum Gasteiger partial charge on any atom is -0.481 e. The molecule has 7 nitrogen and oxygen atoms in total. The first-order valence-electron chi connectivity index (χ1n) is 12.1. The largest absolute Gasteiger partial charge is 0.481 e. The van der Waals surface area contributed by atoms with Gasteiger partial charge in [0.25, 0.3) is 0 Å². The molecule has 0 fully saturated rings. The van der Waals surface area contributed by atoms with E-state index in [1.165, 1.54) is 0 Å². The lowest BCUT2D eigenvalue weighted by molar-refractivity contribution is -0.138. The van der Waals surface area contributed by atoms with Crippen molar-refractivity contribution in [1.82, 2.24) is 10.6 Å². The molecule has 2 aromatic rings. The highest BCUT2D eigenvalue weighted by Gasteiger charge is 2.32. The molecule has 0 saturated heterocycles. The van der Waals surface area contributed by atoms with E-state index in [2.05, 4.69) is 22.8 Å². The first kappa shape index (κ1) is 26.3. The van der Waals surface area contributed by atoms with Crippen molar-refractivity contribution in [2.75, 3.05) is 6.61 Å². The van der Waals surface area contributed by atoms with Gasteiger partial charge in [0.2, 0.25) is 5.91 Å². The van der Waals surface area contributed by atoms with Gasteiger partial charge < -0.3 is 20.5 Å². The fourth-order valence-corrected chi connectivity index (χ4v) is 4.53. The number of benzene rings is 2. The average molecular weight is 481 g/mol. The van der Waals surface area contributed by atoms with Crippen molar-refractivity contribution in [2.24, 2.45) is 11.3 Å². The smallest absolute Gasteiger partial charge is 0.407 e. The van der Waals surface area contributed by atoms with E-state index in [0.717, 1.165) is 22.3 Å². The highest BCUT2D eigenvalue weighted by Crippen LogP contribution is 2.44. The predicted molar refractivity (Wildman–Crippen MR) is 135 cm³/mol. The summed E-state index contributed by atoms with van der Waals surface area (Å²) in [5.74, 6) is -1.54. The van der Waals surface area contributed by atoms with Crippen LogP contribution in [0.1, 0.15) is 64.5 Å². The van der Waals surface area contributed by atoms with Crippen molar-refractivity contribution >= 4 is 18.0 Å². The van der Waals surface area contributed by atoms with Crippen molar-refractivity contribution in [1.29, 1.82) is 0 Å². The molecule has 0 heterocycles. The molecular formula is C28H36N2O5. The van der Waals surface area contributed by atoms with Crippen LogP contribution in [0.3, 0.4) is 0 Å². The first-order chi connectivity index (χ1) is 16.5. The number of hydrogen-bond acceptors (Lipinski definition) is 4. The number of ether oxygens (including phenoxy) is 1. The number of carboxylic acid groups (broad SMARTS) is 1. The number of aliphatic carboxylic acids is 1. The number of nitrogens with one attached hydrogen (secondary N) is 2. The average Bonchev–Trinajstić information content (AvgIpc) is 3.09. The van der Waals surface area contributed by atoms with E-state index in [1.54, 1.807) is 0 Å². The van der Waals surface area contributed by atoms with Crippen LogP contribution in [0.25, 0.3) is 11.1 Å². The van der Waals surface area contributed by atoms with Gasteiger partial charge in [0, 0.05) is 12.0 Å². The summed E-state index contributed by atoms with van der Waals surface area (Å²) >= 11 is 0. The summed E-state index contributed by atoms with van der Waals surface area (Å²) in [6.07, 6.45) is -0.479. The Morgan fingerprint density at radius 2 is 1.49 bits per heavy atom. The Hall–Kier alpha value is -3.35. The van der Waals surface area contributed by atoms with Crippen LogP contribution in [0.5, 0.6) is 0 Å². The second kappa shape index (κ2) is 10.9. The lowest BCUT2D eigenvalue weighted by atomic mass is 9.87. The quantitative estimate of drug-likeness (QED) is 0.471. The summed E-state index contributed by atoms with van der Waals surface area (Å²) in [6, 6.07) is 14.8. The standard InChI is InChI=1S/C28H36N2O5/c1-17(2)23(14-25(31)32)29-26(33)24(15-28(3,4)5)30-27(34)35-16-22-20-12-8-6-10-18(20)19-11-7-9-13-21(19)22/h6-13,17,22-24H,14-16H2,1-5H3,(H,29,33)(H,30,34)(H,31,32)/t23-,24?/m1/s1. The predicted octanol–water partition coefficient (Wildman–Crippen LogP) is 4.95.